The molecule has 106 heavy (non-hydrogen) atoms. The SMILES string of the molecule is CCCCCCCCCCCCCCCCCCCCCC(=O)O[C@H](COC(=O)CCCCCCCCCCCCCCCCCC(C)C)COP(=O)(O)OC[C@@H](O)COP(=O)(O)OC[C@@H](COC(=O)CCCCCCCCCCCCCCC)OC(=O)CCCCCCCCCCCCCCCCCC. The molecule has 19 heteroatoms. The molecular formula is C87H170O17P2. The largest absolute Gasteiger partial charge is 0.472 e. The lowest BCUT2D eigenvalue weighted by molar-refractivity contribution is -0.161. The summed E-state index contributed by atoms with van der Waals surface area (Å²) in [5.74, 6) is -1.29. The van der Waals surface area contributed by atoms with E-state index in [4.69, 9.17) is 37.0 Å². The number of phosphoric ester groups is 2. The first-order chi connectivity index (χ1) is 51.5. The van der Waals surface area contributed by atoms with Crippen LogP contribution in [0.5, 0.6) is 0 Å². The van der Waals surface area contributed by atoms with Gasteiger partial charge in [-0.15, -0.1) is 0 Å². The number of phosphoric acid groups is 2. The average Bonchev–Trinajstić information content (AvgIpc) is 0.903. The molecule has 5 atom stereocenters. The number of aliphatic hydroxyl groups is 1. The Labute approximate surface area is 651 Å². The van der Waals surface area contributed by atoms with Crippen LogP contribution >= 0.6 is 15.6 Å². The number of rotatable bonds is 87. The normalized spacial score (nSPS) is 13.7. The third kappa shape index (κ3) is 80.1. The van der Waals surface area contributed by atoms with Crippen LogP contribution < -0.4 is 0 Å². The van der Waals surface area contributed by atoms with Crippen LogP contribution in [0.3, 0.4) is 0 Å². The van der Waals surface area contributed by atoms with Crippen molar-refractivity contribution in [3.05, 3.63) is 0 Å². The van der Waals surface area contributed by atoms with Gasteiger partial charge in [-0.2, -0.15) is 0 Å². The Morgan fingerprint density at radius 1 is 0.255 bits per heavy atom. The monoisotopic (exact) mass is 1550 g/mol. The highest BCUT2D eigenvalue weighted by Crippen LogP contribution is 2.45. The van der Waals surface area contributed by atoms with Crippen molar-refractivity contribution in [2.45, 2.75) is 490 Å². The Morgan fingerprint density at radius 3 is 0.642 bits per heavy atom. The minimum atomic E-state index is -4.97. The number of unbranched alkanes of at least 4 members (excludes halogenated alkanes) is 59. The first kappa shape index (κ1) is 104. The molecule has 2 unspecified atom stereocenters. The molecule has 0 bridgehead atoms. The van der Waals surface area contributed by atoms with Gasteiger partial charge in [0.25, 0.3) is 0 Å². The van der Waals surface area contributed by atoms with Crippen LogP contribution in [0.4, 0.5) is 0 Å². The highest BCUT2D eigenvalue weighted by atomic mass is 31.2. The van der Waals surface area contributed by atoms with Gasteiger partial charge in [0.15, 0.2) is 12.2 Å². The Morgan fingerprint density at radius 2 is 0.434 bits per heavy atom. The number of hydrogen-bond donors (Lipinski definition) is 3. The summed E-state index contributed by atoms with van der Waals surface area (Å²) in [5.41, 5.74) is 0. The van der Waals surface area contributed by atoms with E-state index >= 15 is 0 Å². The van der Waals surface area contributed by atoms with E-state index < -0.39 is 97.5 Å². The number of carbonyl (C=O) groups is 4. The van der Waals surface area contributed by atoms with E-state index in [1.807, 2.05) is 0 Å². The van der Waals surface area contributed by atoms with E-state index in [0.29, 0.717) is 25.7 Å². The van der Waals surface area contributed by atoms with Crippen LogP contribution in [0.25, 0.3) is 0 Å². The van der Waals surface area contributed by atoms with Crippen LogP contribution in [0.1, 0.15) is 471 Å². The van der Waals surface area contributed by atoms with Gasteiger partial charge in [0.05, 0.1) is 26.4 Å². The molecule has 0 heterocycles. The van der Waals surface area contributed by atoms with E-state index in [-0.39, 0.29) is 25.7 Å². The van der Waals surface area contributed by atoms with Gasteiger partial charge in [0.1, 0.15) is 19.3 Å². The molecule has 0 radical (unpaired) electrons. The molecule has 0 fully saturated rings. The number of esters is 4. The van der Waals surface area contributed by atoms with Gasteiger partial charge in [-0.25, -0.2) is 9.13 Å². The Balaban J connectivity index is 5.26. The molecule has 0 saturated heterocycles. The Bertz CT molecular complexity index is 2010. The van der Waals surface area contributed by atoms with Crippen LogP contribution in [-0.4, -0.2) is 96.7 Å². The van der Waals surface area contributed by atoms with Crippen molar-refractivity contribution >= 4 is 39.5 Å². The van der Waals surface area contributed by atoms with Gasteiger partial charge in [-0.3, -0.25) is 37.3 Å². The number of carbonyl (C=O) groups excluding carboxylic acids is 4. The molecule has 0 aromatic heterocycles. The smallest absolute Gasteiger partial charge is 0.462 e. The van der Waals surface area contributed by atoms with Crippen LogP contribution in [0, 0.1) is 5.92 Å². The lowest BCUT2D eigenvalue weighted by Crippen LogP contribution is -2.30. The molecular weight excluding hydrogens is 1380 g/mol. The van der Waals surface area contributed by atoms with E-state index in [1.165, 1.54) is 295 Å². The van der Waals surface area contributed by atoms with Gasteiger partial charge in [-0.05, 0) is 31.6 Å². The van der Waals surface area contributed by atoms with Gasteiger partial charge in [0.2, 0.25) is 0 Å². The molecule has 0 amide bonds. The van der Waals surface area contributed by atoms with Gasteiger partial charge >= 0.3 is 39.5 Å². The van der Waals surface area contributed by atoms with Gasteiger partial charge in [0, 0.05) is 25.7 Å². The summed E-state index contributed by atoms with van der Waals surface area (Å²) in [6, 6.07) is 0. The van der Waals surface area contributed by atoms with Crippen LogP contribution in [-0.2, 0) is 65.4 Å². The molecule has 630 valence electrons. The summed E-state index contributed by atoms with van der Waals surface area (Å²) < 4.78 is 69.0. The van der Waals surface area contributed by atoms with Crippen molar-refractivity contribution in [3.8, 4) is 0 Å². The van der Waals surface area contributed by atoms with Crippen molar-refractivity contribution in [2.75, 3.05) is 39.6 Å². The molecule has 0 aromatic carbocycles. The predicted molar refractivity (Wildman–Crippen MR) is 437 cm³/mol. The second-order valence-electron chi connectivity index (χ2n) is 31.8. The standard InChI is InChI=1S/C87H170O17P2/c1-6-9-12-15-18-21-24-27-29-31-32-33-37-43-48-53-58-63-68-73-87(92)104-83(77-98-85(90)71-66-61-56-51-46-41-38-34-35-40-44-49-54-59-64-69-80(4)5)79-102-106(95,96)100-75-81(88)74-99-105(93,94)101-78-82(76-97-84(89)70-65-60-55-50-45-39-26-23-20-17-14-11-8-3)103-86(91)72-67-62-57-52-47-42-36-30-28-25-22-19-16-13-10-7-2/h80-83,88H,6-79H2,1-5H3,(H,93,94)(H,95,96)/t81-,82+,83+/m0/s1. The highest BCUT2D eigenvalue weighted by Gasteiger charge is 2.30. The van der Waals surface area contributed by atoms with Crippen molar-refractivity contribution in [3.63, 3.8) is 0 Å². The zero-order valence-electron chi connectivity index (χ0n) is 69.6. The third-order valence-corrected chi connectivity index (χ3v) is 22.4. The number of aliphatic hydroxyl groups excluding tert-OH is 1. The average molecular weight is 1550 g/mol. The van der Waals surface area contributed by atoms with Crippen LogP contribution in [0.15, 0.2) is 0 Å². The zero-order valence-corrected chi connectivity index (χ0v) is 71.4. The van der Waals surface area contributed by atoms with E-state index in [9.17, 15) is 43.2 Å². The van der Waals surface area contributed by atoms with Crippen molar-refractivity contribution in [2.24, 2.45) is 5.92 Å². The fourth-order valence-corrected chi connectivity index (χ4v) is 15.2. The number of hydrogen-bond acceptors (Lipinski definition) is 15. The van der Waals surface area contributed by atoms with E-state index in [1.54, 1.807) is 0 Å². The fourth-order valence-electron chi connectivity index (χ4n) is 13.6. The molecule has 17 nitrogen and oxygen atoms in total. The molecule has 0 aromatic rings. The highest BCUT2D eigenvalue weighted by molar-refractivity contribution is 7.47. The lowest BCUT2D eigenvalue weighted by atomic mass is 10.0. The summed E-state index contributed by atoms with van der Waals surface area (Å²) in [5, 5.41) is 10.7. The minimum absolute atomic E-state index is 0.109. The molecule has 0 spiro atoms. The quantitative estimate of drug-likeness (QED) is 0.0222. The topological polar surface area (TPSA) is 237 Å². The predicted octanol–water partition coefficient (Wildman–Crippen LogP) is 26.8. The number of ether oxygens (including phenoxy) is 4. The van der Waals surface area contributed by atoms with Crippen molar-refractivity contribution < 1.29 is 80.2 Å². The molecule has 0 aliphatic heterocycles. The molecule has 0 rings (SSSR count). The van der Waals surface area contributed by atoms with Crippen molar-refractivity contribution in [1.29, 1.82) is 0 Å². The molecule has 3 N–H and O–H groups in total. The first-order valence-electron chi connectivity index (χ1n) is 45.1. The minimum Gasteiger partial charge on any atom is -0.462 e. The van der Waals surface area contributed by atoms with Gasteiger partial charge in [-0.1, -0.05) is 420 Å². The second kappa shape index (κ2) is 79.7. The molecule has 0 saturated carbocycles. The Kier molecular flexibility index (Phi) is 78.2. The second-order valence-corrected chi connectivity index (χ2v) is 34.7. The molecule has 0 aliphatic rings. The van der Waals surface area contributed by atoms with Crippen molar-refractivity contribution in [1.82, 2.24) is 0 Å². The summed E-state index contributed by atoms with van der Waals surface area (Å²) in [7, 11) is -9.93. The maximum atomic E-state index is 13.2. The fraction of sp³-hybridized carbons (Fsp3) is 0.954. The van der Waals surface area contributed by atoms with E-state index in [2.05, 4.69) is 34.6 Å². The summed E-state index contributed by atoms with van der Waals surface area (Å²) in [6.45, 7) is 7.41. The maximum Gasteiger partial charge on any atom is 0.472 e. The molecule has 0 aliphatic carbocycles. The van der Waals surface area contributed by atoms with E-state index in [0.717, 1.165) is 95.8 Å². The Hall–Kier alpha value is -1.94. The van der Waals surface area contributed by atoms with Crippen LogP contribution in [0.2, 0.25) is 0 Å². The maximum absolute atomic E-state index is 13.2. The summed E-state index contributed by atoms with van der Waals surface area (Å²) in [4.78, 5) is 73.3. The van der Waals surface area contributed by atoms with Gasteiger partial charge < -0.3 is 33.8 Å². The summed E-state index contributed by atoms with van der Waals surface area (Å²) in [6.07, 6.45) is 73.4. The first-order valence-corrected chi connectivity index (χ1v) is 48.1. The zero-order chi connectivity index (χ0) is 77.6. The lowest BCUT2D eigenvalue weighted by Gasteiger charge is -2.21. The summed E-state index contributed by atoms with van der Waals surface area (Å²) >= 11 is 0. The third-order valence-electron chi connectivity index (χ3n) is 20.5.